The average molecular weight is 194 g/mol. The standard InChI is InChI=1S/C12H18O2/c1-5-12(3,13)10-8-9(2)6-7-11(10)14-4/h6-8,13H,5H2,1-4H3/t12-/m1/s1. The molecule has 0 amide bonds. The van der Waals surface area contributed by atoms with Gasteiger partial charge < -0.3 is 9.84 Å². The van der Waals surface area contributed by atoms with Crippen molar-refractivity contribution in [2.75, 3.05) is 7.11 Å². The summed E-state index contributed by atoms with van der Waals surface area (Å²) < 4.78 is 5.23. The van der Waals surface area contributed by atoms with E-state index < -0.39 is 5.60 Å². The Labute approximate surface area is 85.5 Å². The summed E-state index contributed by atoms with van der Waals surface area (Å²) in [5.74, 6) is 0.752. The van der Waals surface area contributed by atoms with Crippen LogP contribution in [0.25, 0.3) is 0 Å². The van der Waals surface area contributed by atoms with Crippen LogP contribution >= 0.6 is 0 Å². The Balaban J connectivity index is 3.23. The predicted octanol–water partition coefficient (Wildman–Crippen LogP) is 2.62. The molecule has 1 rings (SSSR count). The maximum atomic E-state index is 10.2. The van der Waals surface area contributed by atoms with Crippen molar-refractivity contribution in [2.45, 2.75) is 32.8 Å². The van der Waals surface area contributed by atoms with Gasteiger partial charge in [-0.1, -0.05) is 18.6 Å². The summed E-state index contributed by atoms with van der Waals surface area (Å²) in [5.41, 5.74) is 1.19. The molecule has 0 aromatic heterocycles. The first-order valence-corrected chi connectivity index (χ1v) is 4.88. The zero-order chi connectivity index (χ0) is 10.8. The van der Waals surface area contributed by atoms with Crippen LogP contribution in [0.1, 0.15) is 31.4 Å². The van der Waals surface area contributed by atoms with Gasteiger partial charge in [-0.3, -0.25) is 0 Å². The molecule has 2 nitrogen and oxygen atoms in total. The van der Waals surface area contributed by atoms with E-state index >= 15 is 0 Å². The van der Waals surface area contributed by atoms with E-state index in [4.69, 9.17) is 4.74 Å². The van der Waals surface area contributed by atoms with Crippen LogP contribution in [0.3, 0.4) is 0 Å². The minimum absolute atomic E-state index is 0.673. The van der Waals surface area contributed by atoms with Crippen LogP contribution in [0.4, 0.5) is 0 Å². The highest BCUT2D eigenvalue weighted by atomic mass is 16.5. The van der Waals surface area contributed by atoms with Crippen molar-refractivity contribution in [1.29, 1.82) is 0 Å². The quantitative estimate of drug-likeness (QED) is 0.801. The third-order valence-electron chi connectivity index (χ3n) is 2.62. The number of methoxy groups -OCH3 is 1. The maximum absolute atomic E-state index is 10.2. The van der Waals surface area contributed by atoms with Gasteiger partial charge in [0.15, 0.2) is 0 Å². The van der Waals surface area contributed by atoms with Gasteiger partial charge >= 0.3 is 0 Å². The van der Waals surface area contributed by atoms with Gasteiger partial charge in [-0.15, -0.1) is 0 Å². The molecule has 2 heteroatoms. The number of rotatable bonds is 3. The van der Waals surface area contributed by atoms with Gasteiger partial charge in [0.2, 0.25) is 0 Å². The second-order valence-corrected chi connectivity index (χ2v) is 3.83. The lowest BCUT2D eigenvalue weighted by Gasteiger charge is -2.24. The minimum Gasteiger partial charge on any atom is -0.496 e. The van der Waals surface area contributed by atoms with E-state index in [9.17, 15) is 5.11 Å². The maximum Gasteiger partial charge on any atom is 0.124 e. The van der Waals surface area contributed by atoms with Crippen molar-refractivity contribution < 1.29 is 9.84 Å². The normalized spacial score (nSPS) is 14.9. The van der Waals surface area contributed by atoms with Crippen molar-refractivity contribution >= 4 is 0 Å². The summed E-state index contributed by atoms with van der Waals surface area (Å²) in [5, 5.41) is 10.2. The molecule has 14 heavy (non-hydrogen) atoms. The number of aryl methyl sites for hydroxylation is 1. The number of aliphatic hydroxyl groups is 1. The molecule has 0 aliphatic carbocycles. The first-order chi connectivity index (χ1) is 6.51. The smallest absolute Gasteiger partial charge is 0.124 e. The number of benzene rings is 1. The summed E-state index contributed by atoms with van der Waals surface area (Å²) in [6.45, 7) is 5.78. The third-order valence-corrected chi connectivity index (χ3v) is 2.62. The van der Waals surface area contributed by atoms with Crippen LogP contribution in [0, 0.1) is 6.92 Å². The summed E-state index contributed by atoms with van der Waals surface area (Å²) in [7, 11) is 1.62. The predicted molar refractivity (Wildman–Crippen MR) is 57.6 cm³/mol. The largest absolute Gasteiger partial charge is 0.496 e. The lowest BCUT2D eigenvalue weighted by atomic mass is 9.91. The first kappa shape index (κ1) is 11.1. The van der Waals surface area contributed by atoms with E-state index in [2.05, 4.69) is 0 Å². The van der Waals surface area contributed by atoms with Crippen molar-refractivity contribution in [3.63, 3.8) is 0 Å². The molecule has 0 saturated heterocycles. The van der Waals surface area contributed by atoms with Crippen LogP contribution in [0.2, 0.25) is 0 Å². The molecule has 78 valence electrons. The van der Waals surface area contributed by atoms with Gasteiger partial charge in [0.25, 0.3) is 0 Å². The second-order valence-electron chi connectivity index (χ2n) is 3.83. The fraction of sp³-hybridized carbons (Fsp3) is 0.500. The van der Waals surface area contributed by atoms with Gasteiger partial charge in [-0.25, -0.2) is 0 Å². The van der Waals surface area contributed by atoms with E-state index in [-0.39, 0.29) is 0 Å². The minimum atomic E-state index is -0.808. The molecule has 0 fully saturated rings. The van der Waals surface area contributed by atoms with Gasteiger partial charge in [-0.05, 0) is 32.4 Å². The molecule has 0 spiro atoms. The van der Waals surface area contributed by atoms with Gasteiger partial charge in [0, 0.05) is 5.56 Å². The van der Waals surface area contributed by atoms with Gasteiger partial charge in [0.05, 0.1) is 12.7 Å². The number of ether oxygens (including phenoxy) is 1. The van der Waals surface area contributed by atoms with Crippen LogP contribution < -0.4 is 4.74 Å². The Bertz CT molecular complexity index is 316. The molecule has 0 aliphatic rings. The molecular weight excluding hydrogens is 176 g/mol. The third kappa shape index (κ3) is 2.07. The highest BCUT2D eigenvalue weighted by Crippen LogP contribution is 2.32. The Morgan fingerprint density at radius 3 is 2.57 bits per heavy atom. The molecule has 0 aliphatic heterocycles. The topological polar surface area (TPSA) is 29.5 Å². The molecule has 0 unspecified atom stereocenters. The molecule has 0 bridgehead atoms. The average Bonchev–Trinajstić information content (AvgIpc) is 2.18. The van der Waals surface area contributed by atoms with Crippen molar-refractivity contribution in [1.82, 2.24) is 0 Å². The van der Waals surface area contributed by atoms with Crippen molar-refractivity contribution in [3.05, 3.63) is 29.3 Å². The van der Waals surface area contributed by atoms with E-state index in [0.29, 0.717) is 6.42 Å². The molecular formula is C12H18O2. The Hall–Kier alpha value is -1.02. The van der Waals surface area contributed by atoms with Crippen LogP contribution in [0.5, 0.6) is 5.75 Å². The van der Waals surface area contributed by atoms with Crippen molar-refractivity contribution in [2.24, 2.45) is 0 Å². The second kappa shape index (κ2) is 4.01. The zero-order valence-corrected chi connectivity index (χ0v) is 9.29. The first-order valence-electron chi connectivity index (χ1n) is 4.88. The van der Waals surface area contributed by atoms with E-state index in [1.807, 2.05) is 39.0 Å². The van der Waals surface area contributed by atoms with Crippen LogP contribution in [0.15, 0.2) is 18.2 Å². The van der Waals surface area contributed by atoms with Crippen molar-refractivity contribution in [3.8, 4) is 5.75 Å². The summed E-state index contributed by atoms with van der Waals surface area (Å²) in [6, 6.07) is 5.85. The molecule has 1 atom stereocenters. The van der Waals surface area contributed by atoms with E-state index in [1.165, 1.54) is 0 Å². The molecule has 0 radical (unpaired) electrons. The summed E-state index contributed by atoms with van der Waals surface area (Å²) in [6.07, 6.45) is 0.673. The highest BCUT2D eigenvalue weighted by Gasteiger charge is 2.24. The highest BCUT2D eigenvalue weighted by molar-refractivity contribution is 5.40. The van der Waals surface area contributed by atoms with Crippen LogP contribution in [-0.4, -0.2) is 12.2 Å². The summed E-state index contributed by atoms with van der Waals surface area (Å²) in [4.78, 5) is 0. The zero-order valence-electron chi connectivity index (χ0n) is 9.29. The number of hydrogen-bond acceptors (Lipinski definition) is 2. The molecule has 1 N–H and O–H groups in total. The fourth-order valence-corrected chi connectivity index (χ4v) is 1.43. The molecule has 0 heterocycles. The Kier molecular flexibility index (Phi) is 3.17. The lowest BCUT2D eigenvalue weighted by Crippen LogP contribution is -2.20. The fourth-order valence-electron chi connectivity index (χ4n) is 1.43. The Morgan fingerprint density at radius 2 is 2.07 bits per heavy atom. The van der Waals surface area contributed by atoms with E-state index in [0.717, 1.165) is 16.9 Å². The van der Waals surface area contributed by atoms with Gasteiger partial charge in [0.1, 0.15) is 5.75 Å². The van der Waals surface area contributed by atoms with Gasteiger partial charge in [-0.2, -0.15) is 0 Å². The molecule has 1 aromatic rings. The van der Waals surface area contributed by atoms with Crippen LogP contribution in [-0.2, 0) is 5.60 Å². The SMILES string of the molecule is CC[C@@](C)(O)c1cc(C)ccc1OC. The summed E-state index contributed by atoms with van der Waals surface area (Å²) >= 11 is 0. The Morgan fingerprint density at radius 1 is 1.43 bits per heavy atom. The molecule has 0 saturated carbocycles. The monoisotopic (exact) mass is 194 g/mol. The lowest BCUT2D eigenvalue weighted by molar-refractivity contribution is 0.0504. The molecule has 1 aromatic carbocycles. The number of hydrogen-bond donors (Lipinski definition) is 1. The van der Waals surface area contributed by atoms with E-state index in [1.54, 1.807) is 7.11 Å².